The molecule has 2 aliphatic rings. The minimum absolute atomic E-state index is 0.595. The van der Waals surface area contributed by atoms with Gasteiger partial charge >= 0.3 is 0 Å². The Morgan fingerprint density at radius 3 is 1.56 bits per heavy atom. The third kappa shape index (κ3) is 2.56. The first-order valence-electron chi connectivity index (χ1n) is 12.0. The molecule has 0 amide bonds. The second-order valence-electron chi connectivity index (χ2n) is 9.27. The van der Waals surface area contributed by atoms with E-state index in [0.717, 1.165) is 43.3 Å². The Labute approximate surface area is 207 Å². The number of rotatable bonds is 1. The van der Waals surface area contributed by atoms with Crippen LogP contribution in [0.2, 0.25) is 0 Å². The van der Waals surface area contributed by atoms with Crippen LogP contribution in [0.15, 0.2) is 115 Å². The molecule has 6 aromatic carbocycles. The van der Waals surface area contributed by atoms with Gasteiger partial charge in [0.2, 0.25) is 0 Å². The van der Waals surface area contributed by atoms with Gasteiger partial charge in [-0.3, -0.25) is 0 Å². The highest BCUT2D eigenvalue weighted by molar-refractivity contribution is 7.86. The molecule has 0 saturated heterocycles. The summed E-state index contributed by atoms with van der Waals surface area (Å²) in [5, 5.41) is 6.11. The van der Waals surface area contributed by atoms with Gasteiger partial charge in [-0.25, -0.2) is 0 Å². The zero-order chi connectivity index (χ0) is 23.9. The van der Waals surface area contributed by atoms with E-state index >= 15 is 4.57 Å². The van der Waals surface area contributed by atoms with Gasteiger partial charge in [-0.15, -0.1) is 0 Å². The van der Waals surface area contributed by atoms with E-state index < -0.39 is 7.14 Å². The van der Waals surface area contributed by atoms with Crippen molar-refractivity contribution in [3.05, 3.63) is 115 Å². The summed E-state index contributed by atoms with van der Waals surface area (Å²) in [5.74, 6) is 2.52. The van der Waals surface area contributed by atoms with Crippen molar-refractivity contribution in [1.82, 2.24) is 0 Å². The molecule has 2 aliphatic heterocycles. The molecule has 0 N–H and O–H groups in total. The Kier molecular flexibility index (Phi) is 3.93. The minimum atomic E-state index is -3.29. The molecular formula is C32H19O3P. The average molecular weight is 482 g/mol. The van der Waals surface area contributed by atoms with E-state index in [9.17, 15) is 0 Å². The molecule has 8 rings (SSSR count). The monoisotopic (exact) mass is 482 g/mol. The van der Waals surface area contributed by atoms with Crippen molar-refractivity contribution in [2.24, 2.45) is 0 Å². The molecule has 0 saturated carbocycles. The topological polar surface area (TPSA) is 35.5 Å². The van der Waals surface area contributed by atoms with Crippen molar-refractivity contribution in [2.75, 3.05) is 0 Å². The van der Waals surface area contributed by atoms with Gasteiger partial charge in [0.05, 0.1) is 10.6 Å². The normalized spacial score (nSPS) is 14.3. The number of hydrogen-bond donors (Lipinski definition) is 0. The fraction of sp³-hybridized carbons (Fsp3) is 0. The van der Waals surface area contributed by atoms with Gasteiger partial charge in [0, 0.05) is 10.8 Å². The number of ether oxygens (including phenoxy) is 2. The molecule has 2 heterocycles. The third-order valence-corrected chi connectivity index (χ3v) is 10.4. The van der Waals surface area contributed by atoms with Gasteiger partial charge in [-0.1, -0.05) is 91.0 Å². The van der Waals surface area contributed by atoms with Crippen molar-refractivity contribution < 1.29 is 14.0 Å². The standard InChI is InChI=1S/C32H19O3P/c33-36-28-16-14-21-10-4-6-12-24(21)30(28)34-26-18-23(20-8-2-1-3-9-20)19-27(32(26)36)35-31-25-13-7-5-11-22(25)15-17-29(31)36/h1-19H. The van der Waals surface area contributed by atoms with E-state index in [1.807, 2.05) is 91.0 Å². The lowest BCUT2D eigenvalue weighted by molar-refractivity contribution is 0.467. The quantitative estimate of drug-likeness (QED) is 0.227. The maximum Gasteiger partial charge on any atom is 0.185 e. The van der Waals surface area contributed by atoms with Crippen LogP contribution in [0.1, 0.15) is 0 Å². The van der Waals surface area contributed by atoms with E-state index in [1.165, 1.54) is 0 Å². The molecule has 0 radical (unpaired) electrons. The molecule has 0 unspecified atom stereocenters. The second-order valence-corrected chi connectivity index (χ2v) is 11.9. The van der Waals surface area contributed by atoms with Crippen LogP contribution in [0.4, 0.5) is 0 Å². The van der Waals surface area contributed by atoms with E-state index in [0.29, 0.717) is 28.3 Å². The Balaban J connectivity index is 1.52. The summed E-state index contributed by atoms with van der Waals surface area (Å²) in [7, 11) is -3.29. The van der Waals surface area contributed by atoms with Gasteiger partial charge in [0.25, 0.3) is 0 Å². The number of fused-ring (bicyclic) bond motifs is 8. The molecular weight excluding hydrogens is 463 g/mol. The SMILES string of the molecule is O=P12c3ccc4ccccc4c3Oc3cc(-c4ccccc4)cc(c31)Oc1c2ccc2ccccc12. The highest BCUT2D eigenvalue weighted by Crippen LogP contribution is 2.60. The molecule has 4 heteroatoms. The summed E-state index contributed by atoms with van der Waals surface area (Å²) < 4.78 is 28.7. The van der Waals surface area contributed by atoms with Gasteiger partial charge in [0.15, 0.2) is 7.14 Å². The Bertz CT molecular complexity index is 1810. The molecule has 0 aromatic heterocycles. The van der Waals surface area contributed by atoms with Crippen molar-refractivity contribution >= 4 is 44.6 Å². The van der Waals surface area contributed by atoms with E-state index in [-0.39, 0.29) is 0 Å². The van der Waals surface area contributed by atoms with Gasteiger partial charge in [-0.05, 0) is 46.2 Å². The smallest absolute Gasteiger partial charge is 0.185 e. The first kappa shape index (κ1) is 19.9. The van der Waals surface area contributed by atoms with E-state index in [2.05, 4.69) is 24.3 Å². The Morgan fingerprint density at radius 1 is 0.500 bits per heavy atom. The summed E-state index contributed by atoms with van der Waals surface area (Å²) in [4.78, 5) is 0. The van der Waals surface area contributed by atoms with Crippen LogP contribution in [0.5, 0.6) is 23.0 Å². The fourth-order valence-electron chi connectivity index (χ4n) is 5.61. The summed E-state index contributed by atoms with van der Waals surface area (Å²) in [6.07, 6.45) is 0. The van der Waals surface area contributed by atoms with Crippen molar-refractivity contribution in [3.63, 3.8) is 0 Å². The summed E-state index contributed by atoms with van der Waals surface area (Å²) in [6.45, 7) is 0. The van der Waals surface area contributed by atoms with Crippen LogP contribution in [-0.4, -0.2) is 0 Å². The van der Waals surface area contributed by atoms with Crippen LogP contribution in [0.25, 0.3) is 32.7 Å². The number of benzene rings is 6. The molecule has 0 spiro atoms. The highest BCUT2D eigenvalue weighted by atomic mass is 31.2. The summed E-state index contributed by atoms with van der Waals surface area (Å²) in [5.41, 5.74) is 2.01. The van der Waals surface area contributed by atoms with Gasteiger partial charge < -0.3 is 14.0 Å². The molecule has 3 nitrogen and oxygen atoms in total. The zero-order valence-electron chi connectivity index (χ0n) is 19.1. The molecule has 0 fully saturated rings. The van der Waals surface area contributed by atoms with Crippen LogP contribution in [-0.2, 0) is 4.57 Å². The van der Waals surface area contributed by atoms with Crippen LogP contribution in [0.3, 0.4) is 0 Å². The van der Waals surface area contributed by atoms with Gasteiger partial charge in [-0.2, -0.15) is 0 Å². The van der Waals surface area contributed by atoms with Crippen molar-refractivity contribution in [2.45, 2.75) is 0 Å². The summed E-state index contributed by atoms with van der Waals surface area (Å²) >= 11 is 0. The molecule has 6 aromatic rings. The van der Waals surface area contributed by atoms with Crippen LogP contribution in [0, 0.1) is 0 Å². The second kappa shape index (κ2) is 7.10. The predicted molar refractivity (Wildman–Crippen MR) is 146 cm³/mol. The zero-order valence-corrected chi connectivity index (χ0v) is 20.0. The first-order chi connectivity index (χ1) is 17.7. The van der Waals surface area contributed by atoms with Gasteiger partial charge in [0.1, 0.15) is 28.3 Å². The highest BCUT2D eigenvalue weighted by Gasteiger charge is 2.47. The summed E-state index contributed by atoms with van der Waals surface area (Å²) in [6, 6.07) is 38.4. The third-order valence-electron chi connectivity index (χ3n) is 7.28. The minimum Gasteiger partial charge on any atom is -0.455 e. The van der Waals surface area contributed by atoms with Crippen molar-refractivity contribution in [3.8, 4) is 34.1 Å². The average Bonchev–Trinajstić information content (AvgIpc) is 2.93. The molecule has 0 atom stereocenters. The lowest BCUT2D eigenvalue weighted by atomic mass is 10.0. The van der Waals surface area contributed by atoms with Crippen LogP contribution < -0.4 is 25.4 Å². The van der Waals surface area contributed by atoms with E-state index in [4.69, 9.17) is 9.47 Å². The molecule has 36 heavy (non-hydrogen) atoms. The fourth-order valence-corrected chi connectivity index (χ4v) is 8.67. The Morgan fingerprint density at radius 2 is 1.00 bits per heavy atom. The first-order valence-corrected chi connectivity index (χ1v) is 13.7. The maximum absolute atomic E-state index is 15.5. The predicted octanol–water partition coefficient (Wildman–Crippen LogP) is 7.51. The lowest BCUT2D eigenvalue weighted by Gasteiger charge is -2.35. The lowest BCUT2D eigenvalue weighted by Crippen LogP contribution is -2.35. The van der Waals surface area contributed by atoms with Crippen molar-refractivity contribution in [1.29, 1.82) is 0 Å². The molecule has 0 aliphatic carbocycles. The Hall–Kier alpha value is -4.33. The maximum atomic E-state index is 15.5. The molecule has 170 valence electrons. The largest absolute Gasteiger partial charge is 0.455 e. The van der Waals surface area contributed by atoms with Crippen LogP contribution >= 0.6 is 7.14 Å². The number of hydrogen-bond acceptors (Lipinski definition) is 3. The molecule has 0 bridgehead atoms. The van der Waals surface area contributed by atoms with E-state index in [1.54, 1.807) is 0 Å².